The molecule has 1 fully saturated rings. The molecule has 0 unspecified atom stereocenters. The summed E-state index contributed by atoms with van der Waals surface area (Å²) in [5.41, 5.74) is 1.48. The standard InChI is InChI=1S/C14H15ClN4O/c15-13-8-16-5-4-10(13)9-19-14(20)6-12(7-17-19)18-11-2-1-3-11/h4-8,11,18H,1-3,9H2. The summed E-state index contributed by atoms with van der Waals surface area (Å²) in [7, 11) is 0. The number of anilines is 1. The number of nitrogens with one attached hydrogen (secondary N) is 1. The maximum atomic E-state index is 12.0. The van der Waals surface area contributed by atoms with Gasteiger partial charge in [-0.05, 0) is 30.9 Å². The lowest BCUT2D eigenvalue weighted by Crippen LogP contribution is -2.29. The second-order valence-electron chi connectivity index (χ2n) is 4.98. The van der Waals surface area contributed by atoms with E-state index in [2.05, 4.69) is 15.4 Å². The van der Waals surface area contributed by atoms with Crippen LogP contribution in [-0.2, 0) is 6.54 Å². The Morgan fingerprint density at radius 2 is 2.25 bits per heavy atom. The summed E-state index contributed by atoms with van der Waals surface area (Å²) in [5, 5.41) is 8.04. The Morgan fingerprint density at radius 3 is 2.90 bits per heavy atom. The van der Waals surface area contributed by atoms with E-state index >= 15 is 0 Å². The van der Waals surface area contributed by atoms with Crippen LogP contribution >= 0.6 is 11.6 Å². The van der Waals surface area contributed by atoms with E-state index in [4.69, 9.17) is 11.6 Å². The van der Waals surface area contributed by atoms with Crippen molar-refractivity contribution in [1.82, 2.24) is 14.8 Å². The molecule has 0 amide bonds. The molecule has 1 aliphatic rings. The van der Waals surface area contributed by atoms with Crippen LogP contribution in [0.4, 0.5) is 5.69 Å². The molecule has 104 valence electrons. The van der Waals surface area contributed by atoms with Gasteiger partial charge in [-0.15, -0.1) is 0 Å². The molecular weight excluding hydrogens is 276 g/mol. The molecule has 1 N–H and O–H groups in total. The molecule has 2 aromatic heterocycles. The van der Waals surface area contributed by atoms with Crippen LogP contribution in [-0.4, -0.2) is 20.8 Å². The molecule has 0 spiro atoms. The van der Waals surface area contributed by atoms with Crippen molar-refractivity contribution in [2.24, 2.45) is 0 Å². The zero-order valence-electron chi connectivity index (χ0n) is 10.9. The number of hydrogen-bond donors (Lipinski definition) is 1. The van der Waals surface area contributed by atoms with Crippen LogP contribution in [0.5, 0.6) is 0 Å². The molecule has 0 aliphatic heterocycles. The first-order chi connectivity index (χ1) is 9.72. The van der Waals surface area contributed by atoms with E-state index in [-0.39, 0.29) is 5.56 Å². The molecule has 0 bridgehead atoms. The van der Waals surface area contributed by atoms with Gasteiger partial charge in [-0.3, -0.25) is 9.78 Å². The van der Waals surface area contributed by atoms with Crippen LogP contribution in [0.2, 0.25) is 5.02 Å². The number of aromatic nitrogens is 3. The van der Waals surface area contributed by atoms with Gasteiger partial charge < -0.3 is 5.32 Å². The van der Waals surface area contributed by atoms with Crippen LogP contribution in [0.1, 0.15) is 24.8 Å². The van der Waals surface area contributed by atoms with Gasteiger partial charge in [0.2, 0.25) is 0 Å². The van der Waals surface area contributed by atoms with Gasteiger partial charge in [0.1, 0.15) is 0 Å². The van der Waals surface area contributed by atoms with Gasteiger partial charge in [0.25, 0.3) is 5.56 Å². The predicted molar refractivity (Wildman–Crippen MR) is 78.1 cm³/mol. The Hall–Kier alpha value is -1.88. The summed E-state index contributed by atoms with van der Waals surface area (Å²) in [6, 6.07) is 3.86. The van der Waals surface area contributed by atoms with Crippen molar-refractivity contribution < 1.29 is 0 Å². The zero-order valence-corrected chi connectivity index (χ0v) is 11.7. The Bertz CT molecular complexity index is 666. The Balaban J connectivity index is 1.77. The normalized spacial score (nSPS) is 14.8. The molecule has 3 rings (SSSR count). The minimum absolute atomic E-state index is 0.137. The smallest absolute Gasteiger partial charge is 0.269 e. The van der Waals surface area contributed by atoms with Crippen molar-refractivity contribution in [1.29, 1.82) is 0 Å². The number of rotatable bonds is 4. The fraction of sp³-hybridized carbons (Fsp3) is 0.357. The summed E-state index contributed by atoms with van der Waals surface area (Å²) in [5.74, 6) is 0. The number of halogens is 1. The summed E-state index contributed by atoms with van der Waals surface area (Å²) < 4.78 is 1.40. The second kappa shape index (κ2) is 5.63. The lowest BCUT2D eigenvalue weighted by molar-refractivity contribution is 0.445. The van der Waals surface area contributed by atoms with Crippen molar-refractivity contribution >= 4 is 17.3 Å². The highest BCUT2D eigenvalue weighted by Crippen LogP contribution is 2.22. The SMILES string of the molecule is O=c1cc(NC2CCC2)cnn1Cc1ccncc1Cl. The Labute approximate surface area is 121 Å². The molecular formula is C14H15ClN4O. The second-order valence-corrected chi connectivity index (χ2v) is 5.39. The zero-order chi connectivity index (χ0) is 13.9. The molecule has 2 heterocycles. The van der Waals surface area contributed by atoms with Crippen LogP contribution in [0.25, 0.3) is 0 Å². The van der Waals surface area contributed by atoms with Gasteiger partial charge in [-0.2, -0.15) is 5.10 Å². The molecule has 6 heteroatoms. The molecule has 20 heavy (non-hydrogen) atoms. The molecule has 2 aromatic rings. The maximum absolute atomic E-state index is 12.0. The Morgan fingerprint density at radius 1 is 1.40 bits per heavy atom. The number of hydrogen-bond acceptors (Lipinski definition) is 4. The highest BCUT2D eigenvalue weighted by atomic mass is 35.5. The van der Waals surface area contributed by atoms with Crippen LogP contribution in [0.3, 0.4) is 0 Å². The van der Waals surface area contributed by atoms with Gasteiger partial charge in [0.05, 0.1) is 23.5 Å². The molecule has 0 radical (unpaired) electrons. The fourth-order valence-corrected chi connectivity index (χ4v) is 2.29. The third kappa shape index (κ3) is 2.82. The van der Waals surface area contributed by atoms with Gasteiger partial charge in [0, 0.05) is 24.5 Å². The summed E-state index contributed by atoms with van der Waals surface area (Å²) in [4.78, 5) is 16.0. The summed E-state index contributed by atoms with van der Waals surface area (Å²) in [6.07, 6.45) is 8.48. The fourth-order valence-electron chi connectivity index (χ4n) is 2.11. The molecule has 0 aromatic carbocycles. The van der Waals surface area contributed by atoms with E-state index in [1.807, 2.05) is 0 Å². The van der Waals surface area contributed by atoms with Gasteiger partial charge in [-0.1, -0.05) is 11.6 Å². The maximum Gasteiger partial charge on any atom is 0.269 e. The number of nitrogens with zero attached hydrogens (tertiary/aromatic N) is 3. The highest BCUT2D eigenvalue weighted by Gasteiger charge is 2.17. The third-order valence-corrected chi connectivity index (χ3v) is 3.86. The van der Waals surface area contributed by atoms with E-state index in [0.29, 0.717) is 17.6 Å². The summed E-state index contributed by atoms with van der Waals surface area (Å²) >= 11 is 6.03. The largest absolute Gasteiger partial charge is 0.381 e. The topological polar surface area (TPSA) is 59.8 Å². The lowest BCUT2D eigenvalue weighted by atomic mass is 9.93. The van der Waals surface area contributed by atoms with Gasteiger partial charge >= 0.3 is 0 Å². The van der Waals surface area contributed by atoms with Crippen LogP contribution < -0.4 is 10.9 Å². The average Bonchev–Trinajstić information content (AvgIpc) is 2.39. The van der Waals surface area contributed by atoms with Crippen molar-refractivity contribution in [3.63, 3.8) is 0 Å². The van der Waals surface area contributed by atoms with E-state index in [1.165, 1.54) is 11.1 Å². The van der Waals surface area contributed by atoms with E-state index in [9.17, 15) is 4.79 Å². The molecule has 1 saturated carbocycles. The predicted octanol–water partition coefficient (Wildman–Crippen LogP) is 2.30. The van der Waals surface area contributed by atoms with E-state index in [1.54, 1.807) is 30.7 Å². The van der Waals surface area contributed by atoms with Crippen LogP contribution in [0.15, 0.2) is 35.5 Å². The molecule has 5 nitrogen and oxygen atoms in total. The van der Waals surface area contributed by atoms with Crippen molar-refractivity contribution in [3.05, 3.63) is 51.7 Å². The average molecular weight is 291 g/mol. The minimum atomic E-state index is -0.137. The van der Waals surface area contributed by atoms with Crippen molar-refractivity contribution in [2.75, 3.05) is 5.32 Å². The van der Waals surface area contributed by atoms with Crippen molar-refractivity contribution in [3.8, 4) is 0 Å². The van der Waals surface area contributed by atoms with Gasteiger partial charge in [-0.25, -0.2) is 4.68 Å². The minimum Gasteiger partial charge on any atom is -0.381 e. The summed E-state index contributed by atoms with van der Waals surface area (Å²) in [6.45, 7) is 0.351. The van der Waals surface area contributed by atoms with E-state index in [0.717, 1.165) is 24.1 Å². The first kappa shape index (κ1) is 13.1. The van der Waals surface area contributed by atoms with Gasteiger partial charge in [0.15, 0.2) is 0 Å². The monoisotopic (exact) mass is 290 g/mol. The lowest BCUT2D eigenvalue weighted by Gasteiger charge is -2.27. The number of pyridine rings is 1. The molecule has 1 aliphatic carbocycles. The molecule has 0 atom stereocenters. The third-order valence-electron chi connectivity index (χ3n) is 3.52. The highest BCUT2D eigenvalue weighted by molar-refractivity contribution is 6.31. The first-order valence-electron chi connectivity index (χ1n) is 6.64. The Kier molecular flexibility index (Phi) is 3.69. The first-order valence-corrected chi connectivity index (χ1v) is 7.02. The van der Waals surface area contributed by atoms with E-state index < -0.39 is 0 Å². The molecule has 0 saturated heterocycles. The quantitative estimate of drug-likeness (QED) is 0.939. The van der Waals surface area contributed by atoms with Crippen molar-refractivity contribution in [2.45, 2.75) is 31.8 Å². The van der Waals surface area contributed by atoms with Crippen LogP contribution in [0, 0.1) is 0 Å².